The molecule has 1 heterocycles. The lowest BCUT2D eigenvalue weighted by atomic mass is 9.91. The van der Waals surface area contributed by atoms with Crippen molar-refractivity contribution in [1.82, 2.24) is 4.90 Å². The van der Waals surface area contributed by atoms with Crippen molar-refractivity contribution in [2.45, 2.75) is 76.5 Å². The summed E-state index contributed by atoms with van der Waals surface area (Å²) in [7, 11) is 3.35. The van der Waals surface area contributed by atoms with E-state index in [2.05, 4.69) is 24.0 Å². The van der Waals surface area contributed by atoms with Crippen LogP contribution in [0, 0.1) is 0 Å². The summed E-state index contributed by atoms with van der Waals surface area (Å²) in [5.41, 5.74) is 1.22. The number of hydrogen-bond acceptors (Lipinski definition) is 5. The lowest BCUT2D eigenvalue weighted by molar-refractivity contribution is -0.0345. The maximum Gasteiger partial charge on any atom is 0.160 e. The highest BCUT2D eigenvalue weighted by Crippen LogP contribution is 2.30. The van der Waals surface area contributed by atoms with Crippen LogP contribution in [0.3, 0.4) is 0 Å². The summed E-state index contributed by atoms with van der Waals surface area (Å²) in [5, 5.41) is 0. The van der Waals surface area contributed by atoms with Gasteiger partial charge in [-0.05, 0) is 49.8 Å². The minimum atomic E-state index is 0.346. The highest BCUT2D eigenvalue weighted by atomic mass is 16.5. The zero-order chi connectivity index (χ0) is 20.5. The van der Waals surface area contributed by atoms with E-state index in [1.54, 1.807) is 14.2 Å². The van der Waals surface area contributed by atoms with Crippen LogP contribution in [0.4, 0.5) is 0 Å². The molecule has 5 heteroatoms. The Kier molecular flexibility index (Phi) is 9.09. The van der Waals surface area contributed by atoms with E-state index in [4.69, 9.17) is 18.9 Å². The van der Waals surface area contributed by atoms with Gasteiger partial charge in [0, 0.05) is 25.7 Å². The molecule has 5 nitrogen and oxygen atoms in total. The predicted octanol–water partition coefficient (Wildman–Crippen LogP) is 4.47. The second kappa shape index (κ2) is 11.8. The molecule has 0 aromatic heterocycles. The van der Waals surface area contributed by atoms with E-state index in [0.29, 0.717) is 18.2 Å². The van der Waals surface area contributed by atoms with Crippen LogP contribution >= 0.6 is 0 Å². The van der Waals surface area contributed by atoms with Crippen molar-refractivity contribution in [2.24, 2.45) is 0 Å². The van der Waals surface area contributed by atoms with E-state index >= 15 is 0 Å². The quantitative estimate of drug-likeness (QED) is 0.508. The third-order valence-electron chi connectivity index (χ3n) is 6.34. The molecule has 0 N–H and O–H groups in total. The molecule has 0 bridgehead atoms. The van der Waals surface area contributed by atoms with Gasteiger partial charge in [-0.15, -0.1) is 0 Å². The van der Waals surface area contributed by atoms with Crippen molar-refractivity contribution in [3.05, 3.63) is 23.8 Å². The Labute approximate surface area is 176 Å². The first-order chi connectivity index (χ1) is 14.2. The molecule has 1 saturated carbocycles. The van der Waals surface area contributed by atoms with Crippen LogP contribution in [-0.2, 0) is 15.9 Å². The largest absolute Gasteiger partial charge is 0.493 e. The molecule has 2 fully saturated rings. The van der Waals surface area contributed by atoms with Gasteiger partial charge in [0.25, 0.3) is 0 Å². The van der Waals surface area contributed by atoms with Gasteiger partial charge in [0.15, 0.2) is 11.5 Å². The summed E-state index contributed by atoms with van der Waals surface area (Å²) in [6.45, 7) is 6.10. The lowest BCUT2D eigenvalue weighted by Crippen LogP contribution is -2.46. The third-order valence-corrected chi connectivity index (χ3v) is 6.34. The first-order valence-corrected chi connectivity index (χ1v) is 11.4. The van der Waals surface area contributed by atoms with Crippen LogP contribution in [0.2, 0.25) is 0 Å². The normalized spacial score (nSPS) is 25.3. The summed E-state index contributed by atoms with van der Waals surface area (Å²) in [6, 6.07) is 6.68. The summed E-state index contributed by atoms with van der Waals surface area (Å²) < 4.78 is 23.2. The molecule has 0 unspecified atom stereocenters. The van der Waals surface area contributed by atoms with Gasteiger partial charge in [-0.3, -0.25) is 4.90 Å². The van der Waals surface area contributed by atoms with Gasteiger partial charge in [0.1, 0.15) is 0 Å². The molecule has 2 aliphatic rings. The Morgan fingerprint density at radius 1 is 0.966 bits per heavy atom. The minimum absolute atomic E-state index is 0.346. The monoisotopic (exact) mass is 405 g/mol. The van der Waals surface area contributed by atoms with Gasteiger partial charge in [-0.2, -0.15) is 0 Å². The summed E-state index contributed by atoms with van der Waals surface area (Å²) >= 11 is 0. The van der Waals surface area contributed by atoms with Gasteiger partial charge in [-0.25, -0.2) is 0 Å². The molecule has 0 amide bonds. The van der Waals surface area contributed by atoms with Gasteiger partial charge in [0.05, 0.1) is 33.0 Å². The number of benzene rings is 1. The van der Waals surface area contributed by atoms with Crippen LogP contribution in [0.15, 0.2) is 18.2 Å². The Hall–Kier alpha value is -1.30. The van der Waals surface area contributed by atoms with Crippen LogP contribution in [0.5, 0.6) is 11.5 Å². The minimum Gasteiger partial charge on any atom is -0.493 e. The molecule has 1 aliphatic carbocycles. The first kappa shape index (κ1) is 22.4. The molecule has 29 heavy (non-hydrogen) atoms. The van der Waals surface area contributed by atoms with E-state index in [-0.39, 0.29) is 0 Å². The van der Waals surface area contributed by atoms with Gasteiger partial charge < -0.3 is 18.9 Å². The second-order valence-electron chi connectivity index (χ2n) is 8.33. The average Bonchev–Trinajstić information content (AvgIpc) is 3.23. The zero-order valence-corrected chi connectivity index (χ0v) is 18.5. The number of rotatable bonds is 11. The molecule has 1 saturated heterocycles. The number of hydrogen-bond donors (Lipinski definition) is 0. The number of nitrogens with zero attached hydrogens (tertiary/aromatic N) is 1. The van der Waals surface area contributed by atoms with Crippen molar-refractivity contribution < 1.29 is 18.9 Å². The molecule has 164 valence electrons. The number of ether oxygens (including phenoxy) is 4. The smallest absolute Gasteiger partial charge is 0.160 e. The Bertz CT molecular complexity index is 609. The summed E-state index contributed by atoms with van der Waals surface area (Å²) in [6.07, 6.45) is 10.2. The van der Waals surface area contributed by atoms with Crippen molar-refractivity contribution in [1.29, 1.82) is 0 Å². The zero-order valence-electron chi connectivity index (χ0n) is 18.5. The van der Waals surface area contributed by atoms with Gasteiger partial charge in [-0.1, -0.05) is 32.3 Å². The Morgan fingerprint density at radius 3 is 2.59 bits per heavy atom. The molecule has 1 aromatic carbocycles. The van der Waals surface area contributed by atoms with E-state index in [0.717, 1.165) is 44.2 Å². The molecular formula is C24H39NO4. The van der Waals surface area contributed by atoms with Crippen molar-refractivity contribution in [2.75, 3.05) is 40.5 Å². The van der Waals surface area contributed by atoms with Crippen LogP contribution in [0.1, 0.15) is 57.4 Å². The average molecular weight is 406 g/mol. The molecule has 0 radical (unpaired) electrons. The first-order valence-electron chi connectivity index (χ1n) is 11.4. The Morgan fingerprint density at radius 2 is 1.79 bits per heavy atom. The molecule has 1 aromatic rings. The third kappa shape index (κ3) is 6.34. The molecule has 3 rings (SSSR count). The Balaban J connectivity index is 1.48. The fraction of sp³-hybridized carbons (Fsp3) is 0.750. The van der Waals surface area contributed by atoms with E-state index < -0.39 is 0 Å². The molecule has 3 atom stereocenters. The SMILES string of the molecule is CCCCO[C@@H]1CCN([C@H]2CCCC[C@@H]2OCCc2ccc(OC)c(OC)c2)C1. The van der Waals surface area contributed by atoms with Crippen molar-refractivity contribution in [3.8, 4) is 11.5 Å². The summed E-state index contributed by atoms with van der Waals surface area (Å²) in [4.78, 5) is 2.64. The van der Waals surface area contributed by atoms with Crippen LogP contribution in [0.25, 0.3) is 0 Å². The lowest BCUT2D eigenvalue weighted by Gasteiger charge is -2.37. The predicted molar refractivity (Wildman–Crippen MR) is 116 cm³/mol. The van der Waals surface area contributed by atoms with Crippen LogP contribution < -0.4 is 9.47 Å². The highest BCUT2D eigenvalue weighted by molar-refractivity contribution is 5.42. The van der Waals surface area contributed by atoms with E-state index in [1.807, 2.05) is 6.07 Å². The number of unbranched alkanes of at least 4 members (excludes halogenated alkanes) is 1. The van der Waals surface area contributed by atoms with E-state index in [1.165, 1.54) is 50.5 Å². The topological polar surface area (TPSA) is 40.2 Å². The summed E-state index contributed by atoms with van der Waals surface area (Å²) in [5.74, 6) is 1.56. The van der Waals surface area contributed by atoms with Crippen molar-refractivity contribution >= 4 is 0 Å². The number of methoxy groups -OCH3 is 2. The highest BCUT2D eigenvalue weighted by Gasteiger charge is 2.35. The van der Waals surface area contributed by atoms with Crippen LogP contribution in [-0.4, -0.2) is 63.7 Å². The van der Waals surface area contributed by atoms with Gasteiger partial charge >= 0.3 is 0 Å². The number of likely N-dealkylation sites (tertiary alicyclic amines) is 1. The van der Waals surface area contributed by atoms with Gasteiger partial charge in [0.2, 0.25) is 0 Å². The second-order valence-corrected chi connectivity index (χ2v) is 8.33. The maximum atomic E-state index is 6.42. The fourth-order valence-corrected chi connectivity index (χ4v) is 4.64. The fourth-order valence-electron chi connectivity index (χ4n) is 4.64. The molecular weight excluding hydrogens is 366 g/mol. The molecule has 0 spiro atoms. The standard InChI is InChI=1S/C24H39NO4/c1-4-5-15-28-20-12-14-25(18-20)21-8-6-7-9-22(21)29-16-13-19-10-11-23(26-2)24(17-19)27-3/h10-11,17,20-22H,4-9,12-16,18H2,1-3H3/t20-,21+,22+/m1/s1. The van der Waals surface area contributed by atoms with E-state index in [9.17, 15) is 0 Å². The maximum absolute atomic E-state index is 6.42. The molecule has 1 aliphatic heterocycles. The van der Waals surface area contributed by atoms with Crippen molar-refractivity contribution in [3.63, 3.8) is 0 Å².